The summed E-state index contributed by atoms with van der Waals surface area (Å²) >= 11 is 0. The van der Waals surface area contributed by atoms with Gasteiger partial charge in [-0.15, -0.1) is 0 Å². The average molecular weight is 330 g/mol. The van der Waals surface area contributed by atoms with Gasteiger partial charge in [0.05, 0.1) is 12.1 Å². The van der Waals surface area contributed by atoms with E-state index in [9.17, 15) is 18.0 Å². The normalized spacial score (nSPS) is 12.0. The van der Waals surface area contributed by atoms with Crippen molar-refractivity contribution >= 4 is 11.9 Å². The van der Waals surface area contributed by atoms with Crippen LogP contribution >= 0.6 is 0 Å². The topological polar surface area (TPSA) is 65.5 Å². The third-order valence-electron chi connectivity index (χ3n) is 2.84. The van der Waals surface area contributed by atoms with Crippen LogP contribution in [0.4, 0.5) is 13.2 Å². The molecule has 3 N–H and O–H groups in total. The largest absolute Gasteiger partial charge is 0.416 e. The van der Waals surface area contributed by atoms with Crippen LogP contribution < -0.4 is 16.0 Å². The number of amides is 1. The standard InChI is InChI=1S/C15H21F3N4O/c1-3-19-14(21-9-8-20-11(2)23)22-10-12-4-6-13(7-5-12)15(16,17)18/h4-7H,3,8-10H2,1-2H3,(H,20,23)(H2,19,21,22). The van der Waals surface area contributed by atoms with E-state index in [1.807, 2.05) is 6.92 Å². The van der Waals surface area contributed by atoms with E-state index in [1.54, 1.807) is 0 Å². The minimum atomic E-state index is -4.33. The van der Waals surface area contributed by atoms with Gasteiger partial charge in [-0.2, -0.15) is 13.2 Å². The number of hydrogen-bond donors (Lipinski definition) is 3. The van der Waals surface area contributed by atoms with E-state index in [0.717, 1.165) is 12.1 Å². The van der Waals surface area contributed by atoms with Gasteiger partial charge in [0.1, 0.15) is 0 Å². The number of halogens is 3. The molecule has 5 nitrogen and oxygen atoms in total. The maximum Gasteiger partial charge on any atom is 0.416 e. The maximum atomic E-state index is 12.5. The Kier molecular flexibility index (Phi) is 7.37. The number of nitrogens with zero attached hydrogens (tertiary/aromatic N) is 1. The van der Waals surface area contributed by atoms with E-state index >= 15 is 0 Å². The molecule has 1 aromatic carbocycles. The first-order valence-corrected chi connectivity index (χ1v) is 7.25. The summed E-state index contributed by atoms with van der Waals surface area (Å²) in [6.45, 7) is 5.21. The summed E-state index contributed by atoms with van der Waals surface area (Å²) in [6.07, 6.45) is -4.33. The molecule has 0 radical (unpaired) electrons. The number of carbonyl (C=O) groups is 1. The van der Waals surface area contributed by atoms with Crippen LogP contribution in [0.2, 0.25) is 0 Å². The Bertz CT molecular complexity index is 527. The maximum absolute atomic E-state index is 12.5. The smallest absolute Gasteiger partial charge is 0.357 e. The fraction of sp³-hybridized carbons (Fsp3) is 0.467. The van der Waals surface area contributed by atoms with Crippen LogP contribution in [-0.4, -0.2) is 31.5 Å². The molecule has 0 aliphatic carbocycles. The number of benzene rings is 1. The molecule has 0 fully saturated rings. The molecule has 0 aliphatic heterocycles. The molecule has 0 spiro atoms. The number of hydrogen-bond acceptors (Lipinski definition) is 2. The summed E-state index contributed by atoms with van der Waals surface area (Å²) in [5.41, 5.74) is 0.00244. The molecule has 0 atom stereocenters. The molecule has 0 bridgehead atoms. The monoisotopic (exact) mass is 330 g/mol. The molecule has 1 aromatic rings. The zero-order chi connectivity index (χ0) is 17.3. The highest BCUT2D eigenvalue weighted by Gasteiger charge is 2.29. The van der Waals surface area contributed by atoms with Gasteiger partial charge in [-0.3, -0.25) is 4.79 Å². The van der Waals surface area contributed by atoms with Gasteiger partial charge in [-0.05, 0) is 24.6 Å². The first kappa shape index (κ1) is 18.8. The Morgan fingerprint density at radius 2 is 1.70 bits per heavy atom. The van der Waals surface area contributed by atoms with Crippen molar-refractivity contribution in [3.63, 3.8) is 0 Å². The van der Waals surface area contributed by atoms with E-state index in [0.29, 0.717) is 31.2 Å². The molecule has 0 unspecified atom stereocenters. The lowest BCUT2D eigenvalue weighted by atomic mass is 10.1. The van der Waals surface area contributed by atoms with Crippen LogP contribution in [0.1, 0.15) is 25.0 Å². The zero-order valence-electron chi connectivity index (χ0n) is 13.1. The Hall–Kier alpha value is -2.25. The molecular formula is C15H21F3N4O. The van der Waals surface area contributed by atoms with Crippen LogP contribution in [0.25, 0.3) is 0 Å². The second-order valence-electron chi connectivity index (χ2n) is 4.80. The number of rotatable bonds is 6. The van der Waals surface area contributed by atoms with Crippen molar-refractivity contribution in [3.8, 4) is 0 Å². The van der Waals surface area contributed by atoms with Gasteiger partial charge in [0.25, 0.3) is 0 Å². The second kappa shape index (κ2) is 9.02. The summed E-state index contributed by atoms with van der Waals surface area (Å²) in [4.78, 5) is 15.1. The molecule has 128 valence electrons. The highest BCUT2D eigenvalue weighted by molar-refractivity contribution is 5.79. The molecule has 1 rings (SSSR count). The predicted molar refractivity (Wildman–Crippen MR) is 82.9 cm³/mol. The first-order valence-electron chi connectivity index (χ1n) is 7.25. The Labute approximate surface area is 133 Å². The van der Waals surface area contributed by atoms with Crippen LogP contribution in [0.5, 0.6) is 0 Å². The quantitative estimate of drug-likeness (QED) is 0.424. The van der Waals surface area contributed by atoms with E-state index < -0.39 is 11.7 Å². The lowest BCUT2D eigenvalue weighted by Crippen LogP contribution is -2.41. The molecule has 8 heteroatoms. The Morgan fingerprint density at radius 3 is 2.22 bits per heavy atom. The van der Waals surface area contributed by atoms with Crippen molar-refractivity contribution in [2.24, 2.45) is 4.99 Å². The van der Waals surface area contributed by atoms with Crippen molar-refractivity contribution in [2.75, 3.05) is 19.6 Å². The summed E-state index contributed by atoms with van der Waals surface area (Å²) in [7, 11) is 0. The molecular weight excluding hydrogens is 309 g/mol. The summed E-state index contributed by atoms with van der Waals surface area (Å²) in [5.74, 6) is 0.427. The lowest BCUT2D eigenvalue weighted by Gasteiger charge is -2.11. The summed E-state index contributed by atoms with van der Waals surface area (Å²) in [5, 5.41) is 8.70. The van der Waals surface area contributed by atoms with Gasteiger partial charge < -0.3 is 16.0 Å². The third-order valence-corrected chi connectivity index (χ3v) is 2.84. The van der Waals surface area contributed by atoms with Gasteiger partial charge in [-0.1, -0.05) is 12.1 Å². The number of nitrogens with one attached hydrogen (secondary N) is 3. The third kappa shape index (κ3) is 7.53. The van der Waals surface area contributed by atoms with Crippen LogP contribution in [-0.2, 0) is 17.5 Å². The molecule has 0 saturated carbocycles. The molecule has 23 heavy (non-hydrogen) atoms. The number of aliphatic imine (C=N–C) groups is 1. The predicted octanol–water partition coefficient (Wildman–Crippen LogP) is 1.90. The van der Waals surface area contributed by atoms with Gasteiger partial charge in [-0.25, -0.2) is 4.99 Å². The summed E-state index contributed by atoms with van der Waals surface area (Å²) < 4.78 is 37.5. The number of alkyl halides is 3. The van der Waals surface area contributed by atoms with Gasteiger partial charge in [0, 0.05) is 26.6 Å². The van der Waals surface area contributed by atoms with Crippen molar-refractivity contribution in [3.05, 3.63) is 35.4 Å². The molecule has 0 heterocycles. The van der Waals surface area contributed by atoms with Crippen molar-refractivity contribution < 1.29 is 18.0 Å². The van der Waals surface area contributed by atoms with Gasteiger partial charge >= 0.3 is 6.18 Å². The Morgan fingerprint density at radius 1 is 1.09 bits per heavy atom. The molecule has 0 aliphatic rings. The van der Waals surface area contributed by atoms with Gasteiger partial charge in [0.2, 0.25) is 5.91 Å². The summed E-state index contributed by atoms with van der Waals surface area (Å²) in [6, 6.07) is 4.91. The van der Waals surface area contributed by atoms with Crippen LogP contribution in [0.15, 0.2) is 29.3 Å². The van der Waals surface area contributed by atoms with Crippen molar-refractivity contribution in [2.45, 2.75) is 26.6 Å². The van der Waals surface area contributed by atoms with E-state index in [4.69, 9.17) is 0 Å². The van der Waals surface area contributed by atoms with Crippen molar-refractivity contribution in [1.29, 1.82) is 0 Å². The van der Waals surface area contributed by atoms with Gasteiger partial charge in [0.15, 0.2) is 5.96 Å². The molecule has 1 amide bonds. The average Bonchev–Trinajstić information content (AvgIpc) is 2.48. The second-order valence-corrected chi connectivity index (χ2v) is 4.80. The zero-order valence-corrected chi connectivity index (χ0v) is 13.1. The van der Waals surface area contributed by atoms with E-state index in [-0.39, 0.29) is 12.5 Å². The minimum Gasteiger partial charge on any atom is -0.357 e. The number of guanidine groups is 1. The first-order chi connectivity index (χ1) is 10.8. The van der Waals surface area contributed by atoms with Crippen LogP contribution in [0, 0.1) is 0 Å². The molecule has 0 saturated heterocycles. The fourth-order valence-electron chi connectivity index (χ4n) is 1.73. The molecule has 0 aromatic heterocycles. The fourth-order valence-corrected chi connectivity index (χ4v) is 1.73. The highest BCUT2D eigenvalue weighted by atomic mass is 19.4. The number of carbonyl (C=O) groups excluding carboxylic acids is 1. The van der Waals surface area contributed by atoms with Crippen LogP contribution in [0.3, 0.4) is 0 Å². The highest BCUT2D eigenvalue weighted by Crippen LogP contribution is 2.29. The Balaban J connectivity index is 2.57. The van der Waals surface area contributed by atoms with E-state index in [2.05, 4.69) is 20.9 Å². The van der Waals surface area contributed by atoms with Crippen molar-refractivity contribution in [1.82, 2.24) is 16.0 Å². The SMILES string of the molecule is CCNC(=NCc1ccc(C(F)(F)F)cc1)NCCNC(C)=O. The van der Waals surface area contributed by atoms with E-state index in [1.165, 1.54) is 19.1 Å². The minimum absolute atomic E-state index is 0.113. The lowest BCUT2D eigenvalue weighted by molar-refractivity contribution is -0.137.